The van der Waals surface area contributed by atoms with E-state index in [1.165, 1.54) is 109 Å². The molecule has 0 spiro atoms. The SMILES string of the molecule is CCCCCCCCCCCCCCCCCCCC(=O)OCC(COP(=O)(O)OC1C(OC2OC(CO)C(O)C(O)C2O)C(O)C(O)C(O)C1OC1OC(CO)C(O)C(O)C1O)OC(=O)CCCCCCCCCCCCC. The summed E-state index contributed by atoms with van der Waals surface area (Å²) in [5, 5.41) is 117. The highest BCUT2D eigenvalue weighted by Crippen LogP contribution is 2.49. The summed E-state index contributed by atoms with van der Waals surface area (Å²) in [5.41, 5.74) is 0. The quantitative estimate of drug-likeness (QED) is 0.0231. The van der Waals surface area contributed by atoms with E-state index < -0.39 is 150 Å². The molecule has 12 N–H and O–H groups in total. The van der Waals surface area contributed by atoms with Crippen LogP contribution in [-0.4, -0.2) is 204 Å². The van der Waals surface area contributed by atoms with Gasteiger partial charge < -0.3 is 89.5 Å². The Morgan fingerprint density at radius 3 is 1.11 bits per heavy atom. The Hall–Kier alpha value is -1.55. The summed E-state index contributed by atoms with van der Waals surface area (Å²) >= 11 is 0. The van der Waals surface area contributed by atoms with E-state index >= 15 is 0 Å². The lowest BCUT2D eigenvalue weighted by molar-refractivity contribution is -0.360. The first kappa shape index (κ1) is 71.7. The lowest BCUT2D eigenvalue weighted by Crippen LogP contribution is -2.69. The zero-order chi connectivity index (χ0) is 58.2. The van der Waals surface area contributed by atoms with Gasteiger partial charge in [-0.05, 0) is 12.8 Å². The van der Waals surface area contributed by atoms with Crippen LogP contribution >= 0.6 is 7.82 Å². The van der Waals surface area contributed by atoms with Crippen LogP contribution in [0.5, 0.6) is 0 Å². The Labute approximate surface area is 468 Å². The van der Waals surface area contributed by atoms with E-state index in [4.69, 9.17) is 37.5 Å². The number of carbonyl (C=O) groups excluding carboxylic acids is 2. The number of aliphatic hydroxyl groups excluding tert-OH is 11. The summed E-state index contributed by atoms with van der Waals surface area (Å²) in [6, 6.07) is 0. The number of carbonyl (C=O) groups is 2. The molecule has 3 rings (SSSR count). The van der Waals surface area contributed by atoms with Gasteiger partial charge in [0.15, 0.2) is 18.7 Å². The number of hydrogen-bond donors (Lipinski definition) is 12. The number of unbranched alkanes of at least 4 members (excludes halogenated alkanes) is 26. The maximum Gasteiger partial charge on any atom is 0.472 e. The molecule has 16 atom stereocenters. The van der Waals surface area contributed by atoms with Crippen LogP contribution in [0.25, 0.3) is 0 Å². The highest BCUT2D eigenvalue weighted by molar-refractivity contribution is 7.47. The van der Waals surface area contributed by atoms with E-state index in [1.807, 2.05) is 0 Å². The molecule has 0 radical (unpaired) electrons. The lowest BCUT2D eigenvalue weighted by Gasteiger charge is -2.49. The monoisotopic (exact) mass is 1160 g/mol. The van der Waals surface area contributed by atoms with Gasteiger partial charge in [0.2, 0.25) is 0 Å². The van der Waals surface area contributed by atoms with Crippen LogP contribution in [0.15, 0.2) is 0 Å². The van der Waals surface area contributed by atoms with Gasteiger partial charge in [0.1, 0.15) is 92.1 Å². The normalized spacial score (nSPS) is 31.4. The van der Waals surface area contributed by atoms with E-state index in [-0.39, 0.29) is 12.8 Å². The fourth-order valence-electron chi connectivity index (χ4n) is 10.2. The highest BCUT2D eigenvalue weighted by atomic mass is 31.2. The Morgan fingerprint density at radius 2 is 0.759 bits per heavy atom. The molecule has 466 valence electrons. The number of phosphoric acid groups is 1. The molecule has 2 aliphatic heterocycles. The van der Waals surface area contributed by atoms with Crippen LogP contribution in [0.3, 0.4) is 0 Å². The van der Waals surface area contributed by atoms with Gasteiger partial charge in [-0.25, -0.2) is 4.57 Å². The Kier molecular flexibility index (Phi) is 36.9. The number of esters is 2. The van der Waals surface area contributed by atoms with Gasteiger partial charge in [-0.2, -0.15) is 0 Å². The van der Waals surface area contributed by atoms with Crippen molar-refractivity contribution in [1.82, 2.24) is 0 Å². The fourth-order valence-corrected chi connectivity index (χ4v) is 11.1. The largest absolute Gasteiger partial charge is 0.472 e. The molecule has 24 heteroatoms. The van der Waals surface area contributed by atoms with Crippen molar-refractivity contribution in [3.05, 3.63) is 0 Å². The molecule has 79 heavy (non-hydrogen) atoms. The maximum absolute atomic E-state index is 14.0. The fraction of sp³-hybridized carbons (Fsp3) is 0.964. The molecule has 0 aromatic carbocycles. The van der Waals surface area contributed by atoms with Crippen molar-refractivity contribution in [2.45, 2.75) is 311 Å². The van der Waals surface area contributed by atoms with E-state index in [9.17, 15) is 75.2 Å². The second-order valence-corrected chi connectivity index (χ2v) is 23.3. The second-order valence-electron chi connectivity index (χ2n) is 21.9. The van der Waals surface area contributed by atoms with E-state index in [0.29, 0.717) is 12.8 Å². The first-order valence-corrected chi connectivity index (χ1v) is 31.4. The molecule has 2 heterocycles. The van der Waals surface area contributed by atoms with Gasteiger partial charge in [-0.15, -0.1) is 0 Å². The minimum absolute atomic E-state index is 0.0257. The smallest absolute Gasteiger partial charge is 0.462 e. The van der Waals surface area contributed by atoms with Crippen molar-refractivity contribution in [2.75, 3.05) is 26.4 Å². The summed E-state index contributed by atoms with van der Waals surface area (Å²) in [4.78, 5) is 37.5. The summed E-state index contributed by atoms with van der Waals surface area (Å²) in [6.45, 7) is 1.01. The van der Waals surface area contributed by atoms with E-state index in [1.54, 1.807) is 0 Å². The Morgan fingerprint density at radius 1 is 0.430 bits per heavy atom. The lowest BCUT2D eigenvalue weighted by atomic mass is 9.84. The summed E-state index contributed by atoms with van der Waals surface area (Å²) in [5.74, 6) is -1.32. The van der Waals surface area contributed by atoms with E-state index in [0.717, 1.165) is 57.8 Å². The second kappa shape index (κ2) is 40.7. The number of ether oxygens (including phenoxy) is 6. The van der Waals surface area contributed by atoms with Crippen molar-refractivity contribution in [3.8, 4) is 0 Å². The third-order valence-corrected chi connectivity index (χ3v) is 16.2. The van der Waals surface area contributed by atoms with Crippen LogP contribution in [-0.2, 0) is 51.6 Å². The molecule has 3 aliphatic rings. The highest BCUT2D eigenvalue weighted by Gasteiger charge is 2.58. The third kappa shape index (κ3) is 26.5. The molecule has 3 fully saturated rings. The molecular formula is C55H103O23P. The van der Waals surface area contributed by atoms with Crippen molar-refractivity contribution in [3.63, 3.8) is 0 Å². The van der Waals surface area contributed by atoms with Crippen LogP contribution in [0.2, 0.25) is 0 Å². The van der Waals surface area contributed by atoms with Crippen LogP contribution in [0, 0.1) is 0 Å². The summed E-state index contributed by atoms with van der Waals surface area (Å²) in [6.07, 6.45) is -3.34. The van der Waals surface area contributed by atoms with Crippen molar-refractivity contribution >= 4 is 19.8 Å². The summed E-state index contributed by atoms with van der Waals surface area (Å²) in [7, 11) is -5.63. The third-order valence-electron chi connectivity index (χ3n) is 15.2. The molecule has 0 aromatic heterocycles. The molecule has 1 aliphatic carbocycles. The molecule has 1 saturated carbocycles. The predicted molar refractivity (Wildman–Crippen MR) is 287 cm³/mol. The first-order chi connectivity index (χ1) is 37.9. The molecule has 23 nitrogen and oxygen atoms in total. The van der Waals surface area contributed by atoms with Crippen molar-refractivity contribution in [1.29, 1.82) is 0 Å². The van der Waals surface area contributed by atoms with Crippen LogP contribution < -0.4 is 0 Å². The van der Waals surface area contributed by atoms with Gasteiger partial charge in [0, 0.05) is 12.8 Å². The molecule has 2 saturated heterocycles. The topological polar surface area (TPSA) is 368 Å². The Balaban J connectivity index is 1.68. The molecular weight excluding hydrogens is 1060 g/mol. The maximum atomic E-state index is 14.0. The minimum Gasteiger partial charge on any atom is -0.462 e. The zero-order valence-corrected chi connectivity index (χ0v) is 48.1. The zero-order valence-electron chi connectivity index (χ0n) is 47.2. The van der Waals surface area contributed by atoms with Crippen molar-refractivity contribution in [2.24, 2.45) is 0 Å². The minimum atomic E-state index is -5.63. The predicted octanol–water partition coefficient (Wildman–Crippen LogP) is 4.15. The molecule has 0 aromatic rings. The number of aliphatic hydroxyl groups is 11. The average Bonchev–Trinajstić information content (AvgIpc) is 3.52. The van der Waals surface area contributed by atoms with Gasteiger partial charge >= 0.3 is 19.8 Å². The summed E-state index contributed by atoms with van der Waals surface area (Å²) < 4.78 is 58.1. The van der Waals surface area contributed by atoms with Gasteiger partial charge in [0.25, 0.3) is 0 Å². The average molecular weight is 1160 g/mol. The number of hydrogen-bond acceptors (Lipinski definition) is 22. The van der Waals surface area contributed by atoms with Crippen molar-refractivity contribution < 1.29 is 113 Å². The first-order valence-electron chi connectivity index (χ1n) is 29.9. The standard InChI is InChI=1S/C55H103O23P/c1-3-5-7-9-11-13-15-16-17-18-19-20-22-23-25-27-29-31-40(58)71-35-37(73-41(59)32-30-28-26-24-21-14-12-10-8-6-4-2)36-72-79(69,70)78-53-51(76-54-49(67)44(62)42(60)38(33-56)74-54)47(65)46(64)48(66)52(53)77-55-50(68)45(63)43(61)39(34-57)75-55/h37-39,42-57,60-68H,3-36H2,1-2H3,(H,69,70). The van der Waals surface area contributed by atoms with Crippen LogP contribution in [0.1, 0.15) is 206 Å². The molecule has 0 amide bonds. The van der Waals surface area contributed by atoms with Crippen LogP contribution in [0.4, 0.5) is 0 Å². The van der Waals surface area contributed by atoms with E-state index in [2.05, 4.69) is 13.8 Å². The Bertz CT molecular complexity index is 1580. The molecule has 0 bridgehead atoms. The number of rotatable bonds is 44. The van der Waals surface area contributed by atoms with Gasteiger partial charge in [0.05, 0.1) is 19.8 Å². The molecule has 16 unspecified atom stereocenters. The van der Waals surface area contributed by atoms with Gasteiger partial charge in [-0.3, -0.25) is 18.6 Å². The van der Waals surface area contributed by atoms with Gasteiger partial charge in [-0.1, -0.05) is 181 Å². The number of phosphoric ester groups is 1.